The van der Waals surface area contributed by atoms with Crippen LogP contribution in [0.3, 0.4) is 0 Å². The number of carbonyl (C=O) groups is 2. The first-order chi connectivity index (χ1) is 7.95. The fourth-order valence-electron chi connectivity index (χ4n) is 1.43. The van der Waals surface area contributed by atoms with Gasteiger partial charge in [0.2, 0.25) is 5.91 Å². The molecule has 5 nitrogen and oxygen atoms in total. The molecule has 0 aromatic heterocycles. The number of carboxylic acid groups (broad SMARTS) is 1. The number of hydrogen-bond donors (Lipinski definition) is 3. The number of carboxylic acids is 1. The van der Waals surface area contributed by atoms with E-state index in [2.05, 4.69) is 10.6 Å². The summed E-state index contributed by atoms with van der Waals surface area (Å²) in [7, 11) is 0. The summed E-state index contributed by atoms with van der Waals surface area (Å²) in [6, 6.07) is 0.373. The summed E-state index contributed by atoms with van der Waals surface area (Å²) < 4.78 is 0. The number of amides is 1. The van der Waals surface area contributed by atoms with Crippen LogP contribution >= 0.6 is 0 Å². The van der Waals surface area contributed by atoms with Crippen molar-refractivity contribution in [2.24, 2.45) is 5.92 Å². The van der Waals surface area contributed by atoms with Crippen molar-refractivity contribution < 1.29 is 14.7 Å². The summed E-state index contributed by atoms with van der Waals surface area (Å²) >= 11 is 0. The Hall–Kier alpha value is -1.10. The summed E-state index contributed by atoms with van der Waals surface area (Å²) in [6.45, 7) is 7.08. The van der Waals surface area contributed by atoms with Crippen LogP contribution in [0.2, 0.25) is 0 Å². The average molecular weight is 244 g/mol. The van der Waals surface area contributed by atoms with E-state index in [0.29, 0.717) is 25.6 Å². The highest BCUT2D eigenvalue weighted by molar-refractivity contribution is 5.76. The fraction of sp³-hybridized carbons (Fsp3) is 0.833. The normalized spacial score (nSPS) is 12.5. The third-order valence-electron chi connectivity index (χ3n) is 2.53. The number of hydrogen-bond acceptors (Lipinski definition) is 3. The fourth-order valence-corrected chi connectivity index (χ4v) is 1.43. The molecule has 0 bridgehead atoms. The minimum atomic E-state index is -0.812. The van der Waals surface area contributed by atoms with Gasteiger partial charge in [0.05, 0.1) is 0 Å². The van der Waals surface area contributed by atoms with Crippen molar-refractivity contribution in [3.63, 3.8) is 0 Å². The van der Waals surface area contributed by atoms with Crippen LogP contribution < -0.4 is 10.6 Å². The standard InChI is InChI=1S/C12H24N2O3/c1-4-10(7-12(16)17)8-14-11(15)5-6-13-9(2)3/h9-10,13H,4-8H2,1-3H3,(H,14,15)(H,16,17). The zero-order valence-electron chi connectivity index (χ0n) is 11.0. The predicted molar refractivity (Wildman–Crippen MR) is 66.8 cm³/mol. The highest BCUT2D eigenvalue weighted by atomic mass is 16.4. The minimum Gasteiger partial charge on any atom is -0.481 e. The molecule has 0 saturated carbocycles. The van der Waals surface area contributed by atoms with Crippen molar-refractivity contribution in [3.05, 3.63) is 0 Å². The SMILES string of the molecule is CCC(CNC(=O)CCNC(C)C)CC(=O)O. The average Bonchev–Trinajstić information content (AvgIpc) is 2.23. The van der Waals surface area contributed by atoms with Crippen LogP contribution in [0.5, 0.6) is 0 Å². The highest BCUT2D eigenvalue weighted by Gasteiger charge is 2.12. The van der Waals surface area contributed by atoms with Crippen LogP contribution in [0.15, 0.2) is 0 Å². The Morgan fingerprint density at radius 3 is 2.41 bits per heavy atom. The molecular weight excluding hydrogens is 220 g/mol. The van der Waals surface area contributed by atoms with Gasteiger partial charge in [-0.3, -0.25) is 9.59 Å². The monoisotopic (exact) mass is 244 g/mol. The zero-order chi connectivity index (χ0) is 13.3. The maximum atomic E-state index is 11.4. The molecule has 0 spiro atoms. The lowest BCUT2D eigenvalue weighted by Crippen LogP contribution is -2.33. The molecule has 0 aromatic carbocycles. The Bertz CT molecular complexity index is 242. The summed E-state index contributed by atoms with van der Waals surface area (Å²) in [5, 5.41) is 14.6. The first-order valence-electron chi connectivity index (χ1n) is 6.17. The Morgan fingerprint density at radius 1 is 1.29 bits per heavy atom. The minimum absolute atomic E-state index is 0.0227. The number of aliphatic carboxylic acids is 1. The van der Waals surface area contributed by atoms with Gasteiger partial charge in [-0.15, -0.1) is 0 Å². The second kappa shape index (κ2) is 8.98. The number of carbonyl (C=O) groups excluding carboxylic acids is 1. The van der Waals surface area contributed by atoms with E-state index in [0.717, 1.165) is 6.42 Å². The van der Waals surface area contributed by atoms with Crippen molar-refractivity contribution in [1.82, 2.24) is 10.6 Å². The van der Waals surface area contributed by atoms with Crippen molar-refractivity contribution in [3.8, 4) is 0 Å². The lowest BCUT2D eigenvalue weighted by Gasteiger charge is -2.14. The Morgan fingerprint density at radius 2 is 1.94 bits per heavy atom. The van der Waals surface area contributed by atoms with E-state index in [1.54, 1.807) is 0 Å². The molecule has 17 heavy (non-hydrogen) atoms. The molecule has 100 valence electrons. The zero-order valence-corrected chi connectivity index (χ0v) is 11.0. The van der Waals surface area contributed by atoms with Gasteiger partial charge in [0.1, 0.15) is 0 Å². The van der Waals surface area contributed by atoms with E-state index in [4.69, 9.17) is 5.11 Å². The van der Waals surface area contributed by atoms with Gasteiger partial charge in [-0.2, -0.15) is 0 Å². The molecule has 0 heterocycles. The summed E-state index contributed by atoms with van der Waals surface area (Å²) in [5.74, 6) is -0.816. The molecule has 0 fully saturated rings. The van der Waals surface area contributed by atoms with Crippen LogP contribution in [0.25, 0.3) is 0 Å². The van der Waals surface area contributed by atoms with Gasteiger partial charge in [-0.05, 0) is 5.92 Å². The molecule has 0 saturated heterocycles. The second-order valence-corrected chi connectivity index (χ2v) is 4.54. The van der Waals surface area contributed by atoms with Crippen LogP contribution in [-0.4, -0.2) is 36.1 Å². The number of rotatable bonds is 9. The van der Waals surface area contributed by atoms with Gasteiger partial charge in [0, 0.05) is 32.0 Å². The van der Waals surface area contributed by atoms with Crippen molar-refractivity contribution in [1.29, 1.82) is 0 Å². The van der Waals surface area contributed by atoms with Crippen molar-refractivity contribution >= 4 is 11.9 Å². The number of nitrogens with one attached hydrogen (secondary N) is 2. The molecule has 0 aliphatic heterocycles. The summed E-state index contributed by atoms with van der Waals surface area (Å²) in [6.07, 6.45) is 1.31. The first kappa shape index (κ1) is 15.9. The van der Waals surface area contributed by atoms with E-state index < -0.39 is 5.97 Å². The van der Waals surface area contributed by atoms with E-state index in [9.17, 15) is 9.59 Å². The maximum Gasteiger partial charge on any atom is 0.303 e. The molecular formula is C12H24N2O3. The first-order valence-corrected chi connectivity index (χ1v) is 6.17. The van der Waals surface area contributed by atoms with E-state index in [1.807, 2.05) is 20.8 Å². The molecule has 1 unspecified atom stereocenters. The highest BCUT2D eigenvalue weighted by Crippen LogP contribution is 2.06. The molecule has 0 rings (SSSR count). The molecule has 3 N–H and O–H groups in total. The van der Waals surface area contributed by atoms with Gasteiger partial charge in [0.15, 0.2) is 0 Å². The Balaban J connectivity index is 3.69. The molecule has 0 aliphatic carbocycles. The van der Waals surface area contributed by atoms with Crippen LogP contribution in [0.1, 0.15) is 40.0 Å². The third kappa shape index (κ3) is 9.81. The van der Waals surface area contributed by atoms with Gasteiger partial charge in [0.25, 0.3) is 0 Å². The lowest BCUT2D eigenvalue weighted by atomic mass is 10.0. The molecule has 0 radical (unpaired) electrons. The summed E-state index contributed by atoms with van der Waals surface area (Å²) in [4.78, 5) is 22.0. The summed E-state index contributed by atoms with van der Waals surface area (Å²) in [5.41, 5.74) is 0. The van der Waals surface area contributed by atoms with Gasteiger partial charge < -0.3 is 15.7 Å². The quantitative estimate of drug-likeness (QED) is 0.565. The predicted octanol–water partition coefficient (Wildman–Crippen LogP) is 0.992. The van der Waals surface area contributed by atoms with Crippen molar-refractivity contribution in [2.45, 2.75) is 46.1 Å². The van der Waals surface area contributed by atoms with Crippen molar-refractivity contribution in [2.75, 3.05) is 13.1 Å². The third-order valence-corrected chi connectivity index (χ3v) is 2.53. The Labute approximate surface area is 103 Å². The van der Waals surface area contributed by atoms with E-state index in [1.165, 1.54) is 0 Å². The van der Waals surface area contributed by atoms with E-state index >= 15 is 0 Å². The molecule has 0 aliphatic rings. The molecule has 1 amide bonds. The van der Waals surface area contributed by atoms with Gasteiger partial charge in [-0.1, -0.05) is 27.2 Å². The van der Waals surface area contributed by atoms with Gasteiger partial charge in [-0.25, -0.2) is 0 Å². The van der Waals surface area contributed by atoms with Crippen LogP contribution in [-0.2, 0) is 9.59 Å². The Kier molecular flexibility index (Phi) is 8.40. The van der Waals surface area contributed by atoms with Crippen LogP contribution in [0.4, 0.5) is 0 Å². The van der Waals surface area contributed by atoms with E-state index in [-0.39, 0.29) is 18.2 Å². The smallest absolute Gasteiger partial charge is 0.303 e. The molecule has 1 atom stereocenters. The largest absolute Gasteiger partial charge is 0.481 e. The second-order valence-electron chi connectivity index (χ2n) is 4.54. The topological polar surface area (TPSA) is 78.4 Å². The van der Waals surface area contributed by atoms with Crippen LogP contribution in [0, 0.1) is 5.92 Å². The molecule has 5 heteroatoms. The maximum absolute atomic E-state index is 11.4. The van der Waals surface area contributed by atoms with Gasteiger partial charge >= 0.3 is 5.97 Å². The molecule has 0 aromatic rings. The lowest BCUT2D eigenvalue weighted by molar-refractivity contribution is -0.138.